The van der Waals surface area contributed by atoms with Gasteiger partial charge in [0.2, 0.25) is 0 Å². The fourth-order valence-electron chi connectivity index (χ4n) is 0.771. The summed E-state index contributed by atoms with van der Waals surface area (Å²) in [7, 11) is 0. The summed E-state index contributed by atoms with van der Waals surface area (Å²) >= 11 is 5.00. The van der Waals surface area contributed by atoms with Crippen LogP contribution in [-0.4, -0.2) is 5.43 Å². The molecule has 2 nitrogen and oxygen atoms in total. The van der Waals surface area contributed by atoms with Gasteiger partial charge < -0.3 is 4.74 Å². The van der Waals surface area contributed by atoms with Gasteiger partial charge in [-0.05, 0) is 24.6 Å². The van der Waals surface area contributed by atoms with Crippen LogP contribution in [0.1, 0.15) is 5.56 Å². The molecule has 0 heterocycles. The van der Waals surface area contributed by atoms with E-state index in [4.69, 9.17) is 11.6 Å². The number of aryl methyl sites for hydroxylation is 1. The number of hydrogen-bond acceptors (Lipinski definition) is 2. The van der Waals surface area contributed by atoms with Crippen molar-refractivity contribution in [2.75, 3.05) is 0 Å². The second-order valence-electron chi connectivity index (χ2n) is 2.16. The number of rotatable bonds is 1. The summed E-state index contributed by atoms with van der Waals surface area (Å²) < 4.78 is 4.62. The molecule has 0 radical (unpaired) electrons. The van der Waals surface area contributed by atoms with Crippen molar-refractivity contribution < 1.29 is 9.53 Å². The Morgan fingerprint density at radius 1 is 1.55 bits per heavy atom. The van der Waals surface area contributed by atoms with Crippen LogP contribution in [0.25, 0.3) is 0 Å². The van der Waals surface area contributed by atoms with E-state index in [2.05, 4.69) is 4.74 Å². The summed E-state index contributed by atoms with van der Waals surface area (Å²) in [6.07, 6.45) is 0. The quantitative estimate of drug-likeness (QED) is 0.606. The zero-order valence-corrected chi connectivity index (χ0v) is 6.76. The van der Waals surface area contributed by atoms with E-state index in [1.165, 1.54) is 0 Å². The molecule has 58 valence electrons. The summed E-state index contributed by atoms with van der Waals surface area (Å²) in [5.41, 5.74) is 0.219. The van der Waals surface area contributed by atoms with Gasteiger partial charge in [0.15, 0.2) is 0 Å². The van der Waals surface area contributed by atoms with Crippen LogP contribution in [0.4, 0.5) is 4.79 Å². The first-order valence-electron chi connectivity index (χ1n) is 3.12. The van der Waals surface area contributed by atoms with E-state index in [1.807, 2.05) is 13.0 Å². The van der Waals surface area contributed by atoms with E-state index in [9.17, 15) is 4.79 Å². The Balaban J connectivity index is 2.79. The van der Waals surface area contributed by atoms with Crippen LogP contribution >= 0.6 is 11.6 Å². The van der Waals surface area contributed by atoms with Gasteiger partial charge in [0, 0.05) is 11.6 Å². The fraction of sp³-hybridized carbons (Fsp3) is 0.125. The van der Waals surface area contributed by atoms with Crippen molar-refractivity contribution in [1.82, 2.24) is 0 Å². The van der Waals surface area contributed by atoms with Crippen LogP contribution in [0.3, 0.4) is 0 Å². The Bertz CT molecular complexity index is 271. The van der Waals surface area contributed by atoms with Gasteiger partial charge in [-0.15, -0.1) is 0 Å². The molecule has 0 saturated heterocycles. The molecular formula is C8H7ClO2. The van der Waals surface area contributed by atoms with Gasteiger partial charge in [0.1, 0.15) is 5.75 Å². The van der Waals surface area contributed by atoms with Gasteiger partial charge >= 0.3 is 5.43 Å². The van der Waals surface area contributed by atoms with Crippen molar-refractivity contribution >= 4 is 17.0 Å². The third-order valence-corrected chi connectivity index (χ3v) is 1.26. The minimum absolute atomic E-state index is 0.477. The van der Waals surface area contributed by atoms with Crippen molar-refractivity contribution in [3.05, 3.63) is 29.8 Å². The topological polar surface area (TPSA) is 26.3 Å². The summed E-state index contributed by atoms with van der Waals surface area (Å²) in [5, 5.41) is 0. The van der Waals surface area contributed by atoms with Gasteiger partial charge in [-0.3, -0.25) is 0 Å². The maximum Gasteiger partial charge on any atom is 0.409 e. The summed E-state index contributed by atoms with van der Waals surface area (Å²) in [6, 6.07) is 7.11. The highest BCUT2D eigenvalue weighted by molar-refractivity contribution is 6.61. The first-order chi connectivity index (χ1) is 5.18. The van der Waals surface area contributed by atoms with E-state index < -0.39 is 5.43 Å². The molecule has 3 heteroatoms. The zero-order valence-electron chi connectivity index (χ0n) is 6.00. The molecule has 0 saturated carbocycles. The monoisotopic (exact) mass is 170 g/mol. The van der Waals surface area contributed by atoms with Gasteiger partial charge in [-0.1, -0.05) is 12.1 Å². The SMILES string of the molecule is Cc1cccc(OC(=O)Cl)c1. The third-order valence-electron chi connectivity index (χ3n) is 1.19. The molecule has 0 bridgehead atoms. The van der Waals surface area contributed by atoms with Crippen molar-refractivity contribution in [1.29, 1.82) is 0 Å². The molecule has 1 rings (SSSR count). The maximum atomic E-state index is 10.3. The van der Waals surface area contributed by atoms with Crippen LogP contribution < -0.4 is 4.74 Å². The highest BCUT2D eigenvalue weighted by Crippen LogP contribution is 2.13. The summed E-state index contributed by atoms with van der Waals surface area (Å²) in [6.45, 7) is 1.91. The number of carbonyl (C=O) groups is 1. The molecular weight excluding hydrogens is 164 g/mol. The van der Waals surface area contributed by atoms with Crippen LogP contribution in [0, 0.1) is 6.92 Å². The van der Waals surface area contributed by atoms with Crippen LogP contribution in [0.15, 0.2) is 24.3 Å². The van der Waals surface area contributed by atoms with E-state index in [0.717, 1.165) is 5.56 Å². The predicted molar refractivity (Wildman–Crippen MR) is 43.1 cm³/mol. The number of hydrogen-bond donors (Lipinski definition) is 0. The molecule has 0 unspecified atom stereocenters. The Hall–Kier alpha value is -1.02. The lowest BCUT2D eigenvalue weighted by atomic mass is 10.2. The van der Waals surface area contributed by atoms with Gasteiger partial charge in [-0.2, -0.15) is 0 Å². The fourth-order valence-corrected chi connectivity index (χ4v) is 0.861. The largest absolute Gasteiger partial charge is 0.414 e. The van der Waals surface area contributed by atoms with Crippen LogP contribution in [0.2, 0.25) is 0 Å². The Morgan fingerprint density at radius 3 is 2.82 bits per heavy atom. The van der Waals surface area contributed by atoms with E-state index in [-0.39, 0.29) is 0 Å². The summed E-state index contributed by atoms with van der Waals surface area (Å²) in [5.74, 6) is 0.477. The standard InChI is InChI=1S/C8H7ClO2/c1-6-3-2-4-7(5-6)11-8(9)10/h2-5H,1H3. The Morgan fingerprint density at radius 2 is 2.27 bits per heavy atom. The molecule has 0 amide bonds. The molecule has 1 aromatic rings. The lowest BCUT2D eigenvalue weighted by molar-refractivity contribution is 0.225. The average molecular weight is 171 g/mol. The Labute approximate surface area is 69.7 Å². The molecule has 0 atom stereocenters. The van der Waals surface area contributed by atoms with Crippen molar-refractivity contribution in [3.63, 3.8) is 0 Å². The third kappa shape index (κ3) is 2.60. The van der Waals surface area contributed by atoms with Crippen molar-refractivity contribution in [3.8, 4) is 5.75 Å². The lowest BCUT2D eigenvalue weighted by Gasteiger charge is -1.98. The maximum absolute atomic E-state index is 10.3. The normalized spacial score (nSPS) is 9.27. The molecule has 1 aromatic carbocycles. The highest BCUT2D eigenvalue weighted by Gasteiger charge is 1.97. The van der Waals surface area contributed by atoms with E-state index >= 15 is 0 Å². The molecule has 0 fully saturated rings. The molecule has 0 N–H and O–H groups in total. The van der Waals surface area contributed by atoms with Crippen molar-refractivity contribution in [2.24, 2.45) is 0 Å². The number of carbonyl (C=O) groups excluding carboxylic acids is 1. The first kappa shape index (κ1) is 8.08. The van der Waals surface area contributed by atoms with Gasteiger partial charge in [0.25, 0.3) is 0 Å². The molecule has 0 spiro atoms. The van der Waals surface area contributed by atoms with Gasteiger partial charge in [0.05, 0.1) is 0 Å². The minimum Gasteiger partial charge on any atom is -0.414 e. The zero-order chi connectivity index (χ0) is 8.27. The first-order valence-corrected chi connectivity index (χ1v) is 3.50. The van der Waals surface area contributed by atoms with Crippen molar-refractivity contribution in [2.45, 2.75) is 6.92 Å². The predicted octanol–water partition coefficient (Wildman–Crippen LogP) is 2.73. The minimum atomic E-state index is -0.810. The van der Waals surface area contributed by atoms with Gasteiger partial charge in [-0.25, -0.2) is 4.79 Å². The highest BCUT2D eigenvalue weighted by atomic mass is 35.5. The summed E-state index contributed by atoms with van der Waals surface area (Å²) in [4.78, 5) is 10.3. The number of benzene rings is 1. The Kier molecular flexibility index (Phi) is 2.49. The molecule has 11 heavy (non-hydrogen) atoms. The van der Waals surface area contributed by atoms with Crippen LogP contribution in [0.5, 0.6) is 5.75 Å². The second-order valence-corrected chi connectivity index (χ2v) is 2.46. The average Bonchev–Trinajstić information content (AvgIpc) is 1.85. The smallest absolute Gasteiger partial charge is 0.409 e. The lowest BCUT2D eigenvalue weighted by Crippen LogP contribution is -1.95. The van der Waals surface area contributed by atoms with E-state index in [0.29, 0.717) is 5.75 Å². The van der Waals surface area contributed by atoms with E-state index in [1.54, 1.807) is 18.2 Å². The van der Waals surface area contributed by atoms with Crippen LogP contribution in [-0.2, 0) is 0 Å². The molecule has 0 aliphatic rings. The molecule has 0 aliphatic heterocycles. The second kappa shape index (κ2) is 3.39. The number of ether oxygens (including phenoxy) is 1. The molecule has 0 aromatic heterocycles. The number of halogens is 1. The molecule has 0 aliphatic carbocycles.